The summed E-state index contributed by atoms with van der Waals surface area (Å²) in [7, 11) is 0. The maximum atomic E-state index is 13.7. The van der Waals surface area contributed by atoms with Gasteiger partial charge in [0.2, 0.25) is 0 Å². The summed E-state index contributed by atoms with van der Waals surface area (Å²) >= 11 is 0. The van der Waals surface area contributed by atoms with Gasteiger partial charge in [0.1, 0.15) is 5.82 Å². The van der Waals surface area contributed by atoms with Gasteiger partial charge in [-0.1, -0.05) is 36.4 Å². The van der Waals surface area contributed by atoms with E-state index in [2.05, 4.69) is 4.98 Å². The van der Waals surface area contributed by atoms with Crippen molar-refractivity contribution in [3.8, 4) is 0 Å². The van der Waals surface area contributed by atoms with Gasteiger partial charge in [0.15, 0.2) is 0 Å². The lowest BCUT2D eigenvalue weighted by Crippen LogP contribution is -2.16. The van der Waals surface area contributed by atoms with Crippen LogP contribution in [-0.2, 0) is 6.42 Å². The van der Waals surface area contributed by atoms with Crippen LogP contribution < -0.4 is 5.73 Å². The van der Waals surface area contributed by atoms with E-state index in [0.29, 0.717) is 12.0 Å². The van der Waals surface area contributed by atoms with Gasteiger partial charge < -0.3 is 5.73 Å². The van der Waals surface area contributed by atoms with E-state index in [1.54, 1.807) is 12.1 Å². The Balaban J connectivity index is 1.95. The minimum Gasteiger partial charge on any atom is -0.322 e. The number of pyridine rings is 1. The summed E-state index contributed by atoms with van der Waals surface area (Å²) in [6.45, 7) is 2.04. The van der Waals surface area contributed by atoms with Crippen LogP contribution in [0.25, 0.3) is 10.9 Å². The van der Waals surface area contributed by atoms with E-state index in [0.717, 1.165) is 22.2 Å². The minimum absolute atomic E-state index is 0.217. The maximum absolute atomic E-state index is 13.7. The minimum atomic E-state index is -0.315. The molecule has 0 aliphatic rings. The number of nitrogens with zero attached hydrogens (tertiary/aromatic N) is 1. The van der Waals surface area contributed by atoms with E-state index in [4.69, 9.17) is 5.73 Å². The predicted molar refractivity (Wildman–Crippen MR) is 83.5 cm³/mol. The molecule has 0 bridgehead atoms. The Labute approximate surface area is 123 Å². The number of fused-ring (bicyclic) bond motifs is 1. The Morgan fingerprint density at radius 1 is 1.10 bits per heavy atom. The highest BCUT2D eigenvalue weighted by molar-refractivity contribution is 5.82. The van der Waals surface area contributed by atoms with Gasteiger partial charge in [-0.3, -0.25) is 4.98 Å². The summed E-state index contributed by atoms with van der Waals surface area (Å²) in [6.07, 6.45) is 0.442. The molecule has 106 valence electrons. The first kappa shape index (κ1) is 13.7. The molecule has 3 aromatic rings. The van der Waals surface area contributed by atoms with Crippen molar-refractivity contribution < 1.29 is 4.39 Å². The first-order valence-corrected chi connectivity index (χ1v) is 7.00. The number of benzene rings is 2. The predicted octanol–water partition coefficient (Wildman–Crippen LogP) is 3.92. The van der Waals surface area contributed by atoms with Gasteiger partial charge in [0.05, 0.1) is 17.3 Å². The number of hydrogen-bond donors (Lipinski definition) is 1. The molecule has 0 amide bonds. The van der Waals surface area contributed by atoms with Crippen molar-refractivity contribution in [1.82, 2.24) is 4.98 Å². The second-order valence-corrected chi connectivity index (χ2v) is 5.28. The van der Waals surface area contributed by atoms with Crippen molar-refractivity contribution in [3.63, 3.8) is 0 Å². The van der Waals surface area contributed by atoms with E-state index in [-0.39, 0.29) is 11.9 Å². The molecule has 0 radical (unpaired) electrons. The third kappa shape index (κ3) is 2.78. The highest BCUT2D eigenvalue weighted by Gasteiger charge is 2.13. The Kier molecular flexibility index (Phi) is 3.67. The Hall–Kier alpha value is -2.26. The van der Waals surface area contributed by atoms with Gasteiger partial charge in [0, 0.05) is 5.39 Å². The number of halogens is 1. The van der Waals surface area contributed by atoms with Crippen molar-refractivity contribution in [2.24, 2.45) is 5.73 Å². The van der Waals surface area contributed by atoms with Crippen LogP contribution in [0.2, 0.25) is 0 Å². The molecule has 2 nitrogen and oxygen atoms in total. The summed E-state index contributed by atoms with van der Waals surface area (Å²) in [5, 5.41) is 1.12. The third-order valence-electron chi connectivity index (χ3n) is 3.72. The van der Waals surface area contributed by atoms with Gasteiger partial charge in [-0.25, -0.2) is 4.39 Å². The monoisotopic (exact) mass is 280 g/mol. The fraction of sp³-hybridized carbons (Fsp3) is 0.167. The molecule has 0 fully saturated rings. The van der Waals surface area contributed by atoms with Crippen LogP contribution in [0.1, 0.15) is 22.9 Å². The average Bonchev–Trinajstić information content (AvgIpc) is 2.49. The first-order chi connectivity index (χ1) is 10.1. The molecule has 0 aliphatic carbocycles. The van der Waals surface area contributed by atoms with Crippen molar-refractivity contribution in [2.75, 3.05) is 0 Å². The summed E-state index contributed by atoms with van der Waals surface area (Å²) in [5.74, 6) is -0.217. The molecule has 3 heteroatoms. The second-order valence-electron chi connectivity index (χ2n) is 5.28. The summed E-state index contributed by atoms with van der Waals surface area (Å²) in [6, 6.07) is 16.4. The number of hydrogen-bond acceptors (Lipinski definition) is 2. The van der Waals surface area contributed by atoms with E-state index in [9.17, 15) is 4.39 Å². The SMILES string of the molecule is Cc1cc(C(N)Cc2ccccc2F)nc2ccccc12. The van der Waals surface area contributed by atoms with Crippen LogP contribution in [0.5, 0.6) is 0 Å². The number of aryl methyl sites for hydroxylation is 1. The Bertz CT molecular complexity index is 783. The van der Waals surface area contributed by atoms with E-state index >= 15 is 0 Å². The van der Waals surface area contributed by atoms with Crippen molar-refractivity contribution >= 4 is 10.9 Å². The van der Waals surface area contributed by atoms with Crippen LogP contribution in [0.15, 0.2) is 54.6 Å². The Morgan fingerprint density at radius 2 is 1.81 bits per heavy atom. The molecule has 0 saturated carbocycles. The maximum Gasteiger partial charge on any atom is 0.126 e. The number of rotatable bonds is 3. The molecule has 0 saturated heterocycles. The molecule has 2 aromatic carbocycles. The fourth-order valence-corrected chi connectivity index (χ4v) is 2.57. The lowest BCUT2D eigenvalue weighted by atomic mass is 10.0. The highest BCUT2D eigenvalue weighted by Crippen LogP contribution is 2.22. The molecular formula is C18H17FN2. The van der Waals surface area contributed by atoms with Gasteiger partial charge in [-0.2, -0.15) is 0 Å². The van der Waals surface area contributed by atoms with Crippen molar-refractivity contribution in [1.29, 1.82) is 0 Å². The van der Waals surface area contributed by atoms with Crippen LogP contribution in [0.4, 0.5) is 4.39 Å². The van der Waals surface area contributed by atoms with Crippen LogP contribution in [-0.4, -0.2) is 4.98 Å². The Morgan fingerprint density at radius 3 is 2.62 bits per heavy atom. The van der Waals surface area contributed by atoms with Crippen molar-refractivity contribution in [3.05, 3.63) is 77.2 Å². The van der Waals surface area contributed by atoms with E-state index in [1.807, 2.05) is 43.3 Å². The third-order valence-corrected chi connectivity index (χ3v) is 3.72. The smallest absolute Gasteiger partial charge is 0.126 e. The fourth-order valence-electron chi connectivity index (χ4n) is 2.57. The lowest BCUT2D eigenvalue weighted by Gasteiger charge is -2.14. The molecule has 1 atom stereocenters. The number of para-hydroxylation sites is 1. The molecule has 1 aromatic heterocycles. The van der Waals surface area contributed by atoms with E-state index < -0.39 is 0 Å². The van der Waals surface area contributed by atoms with Gasteiger partial charge >= 0.3 is 0 Å². The first-order valence-electron chi connectivity index (χ1n) is 7.00. The molecule has 0 aliphatic heterocycles. The number of aromatic nitrogens is 1. The zero-order chi connectivity index (χ0) is 14.8. The van der Waals surface area contributed by atoms with Crippen LogP contribution in [0, 0.1) is 12.7 Å². The van der Waals surface area contributed by atoms with Gasteiger partial charge in [-0.05, 0) is 42.7 Å². The average molecular weight is 280 g/mol. The lowest BCUT2D eigenvalue weighted by molar-refractivity contribution is 0.590. The zero-order valence-electron chi connectivity index (χ0n) is 11.9. The van der Waals surface area contributed by atoms with Crippen LogP contribution in [0.3, 0.4) is 0 Å². The largest absolute Gasteiger partial charge is 0.322 e. The molecular weight excluding hydrogens is 263 g/mol. The summed E-state index contributed by atoms with van der Waals surface area (Å²) < 4.78 is 13.7. The standard InChI is InChI=1S/C18H17FN2/c1-12-10-18(21-17-9-5-3-7-14(12)17)16(20)11-13-6-2-4-8-15(13)19/h2-10,16H,11,20H2,1H3. The quantitative estimate of drug-likeness (QED) is 0.789. The second kappa shape index (κ2) is 5.62. The molecule has 1 heterocycles. The summed E-state index contributed by atoms with van der Waals surface area (Å²) in [5.41, 5.74) is 9.72. The number of nitrogens with two attached hydrogens (primary N) is 1. The van der Waals surface area contributed by atoms with Gasteiger partial charge in [-0.15, -0.1) is 0 Å². The van der Waals surface area contributed by atoms with Crippen molar-refractivity contribution in [2.45, 2.75) is 19.4 Å². The van der Waals surface area contributed by atoms with Gasteiger partial charge in [0.25, 0.3) is 0 Å². The molecule has 0 spiro atoms. The topological polar surface area (TPSA) is 38.9 Å². The normalized spacial score (nSPS) is 12.5. The molecule has 2 N–H and O–H groups in total. The molecule has 3 rings (SSSR count). The van der Waals surface area contributed by atoms with Crippen LogP contribution >= 0.6 is 0 Å². The molecule has 1 unspecified atom stereocenters. The summed E-state index contributed by atoms with van der Waals surface area (Å²) in [4.78, 5) is 4.61. The van der Waals surface area contributed by atoms with E-state index in [1.165, 1.54) is 6.07 Å². The highest BCUT2D eigenvalue weighted by atomic mass is 19.1. The zero-order valence-corrected chi connectivity index (χ0v) is 11.9. The molecule has 21 heavy (non-hydrogen) atoms.